The lowest BCUT2D eigenvalue weighted by Gasteiger charge is -2.29. The van der Waals surface area contributed by atoms with Gasteiger partial charge in [0.05, 0.1) is 22.2 Å². The van der Waals surface area contributed by atoms with E-state index in [9.17, 15) is 9.59 Å². The number of fused-ring (bicyclic) bond motifs is 4. The third-order valence-corrected chi connectivity index (χ3v) is 15.9. The van der Waals surface area contributed by atoms with Crippen LogP contribution in [0.1, 0.15) is 83.3 Å². The predicted molar refractivity (Wildman–Crippen MR) is 306 cm³/mol. The summed E-state index contributed by atoms with van der Waals surface area (Å²) in [6, 6.07) is 36.1. The number of hydrogen-bond acceptors (Lipinski definition) is 10. The molecular formula is C59H62Cl2N6O6S2. The van der Waals surface area contributed by atoms with Gasteiger partial charge in [0, 0.05) is 66.2 Å². The molecule has 0 aliphatic carbocycles. The lowest BCUT2D eigenvalue weighted by Crippen LogP contribution is -2.42. The molecule has 4 fully saturated rings. The fourth-order valence-corrected chi connectivity index (χ4v) is 12.0. The standard InChI is InChI=1S/C33H32ClN3O3.C26H26ClN3O3.2H2S/c34-25-9-5-22(6-10-25)16-26-19-29(33(38)37-15-3-4-27(37)20-36-13-1-2-14-36)28-17-23(7-11-30(28)35-26)24-8-12-31-32(18-24)40-21-39-31;27-25-14-21(26(31)30-11-3-4-19(30)15-29-9-1-2-10-29)20-12-17(5-7-22(20)28-25)18-6-8-23-24(13-18)33-16-32-23;;/h5-12,17-19,27H,1-4,13-16,20-21H2;5-8,12-14,19H,1-4,9-11,15-16H2;2*1H2/t27-;19-;;/m00../s1. The maximum absolute atomic E-state index is 14.3. The van der Waals surface area contributed by atoms with Crippen LogP contribution < -0.4 is 18.9 Å². The smallest absolute Gasteiger partial charge is 0.254 e. The number of nitrogens with zero attached hydrogens (tertiary/aromatic N) is 6. The number of benzene rings is 5. The third-order valence-electron chi connectivity index (χ3n) is 15.4. The van der Waals surface area contributed by atoms with Gasteiger partial charge in [-0.25, -0.2) is 4.98 Å². The topological polar surface area (TPSA) is 110 Å². The first-order valence-corrected chi connectivity index (χ1v) is 26.7. The maximum atomic E-state index is 14.3. The first-order chi connectivity index (χ1) is 35.8. The summed E-state index contributed by atoms with van der Waals surface area (Å²) in [5, 5.41) is 2.76. The summed E-state index contributed by atoms with van der Waals surface area (Å²) < 4.78 is 22.1. The number of likely N-dealkylation sites (tertiary alicyclic amines) is 4. The van der Waals surface area contributed by atoms with Gasteiger partial charge in [0.15, 0.2) is 23.0 Å². The molecule has 7 aromatic rings. The van der Waals surface area contributed by atoms with Gasteiger partial charge in [-0.15, -0.1) is 0 Å². The number of rotatable bonds is 10. The SMILES string of the molecule is O=C(c1cc(Cc2ccc(Cl)cc2)nc2ccc(-c3ccc4c(c3)OCO4)cc12)N1CCC[C@H]1CN1CCCC1.O=C(c1cc(Cl)nc2ccc(-c3ccc4c(c3)OCO4)cc12)N1CCC[C@H]1CN1CCCC1.S.S. The first kappa shape index (κ1) is 52.7. The Morgan fingerprint density at radius 1 is 0.493 bits per heavy atom. The number of aromatic nitrogens is 2. The lowest BCUT2D eigenvalue weighted by atomic mass is 9.98. The van der Waals surface area contributed by atoms with Crippen molar-refractivity contribution in [2.75, 3.05) is 65.9 Å². The summed E-state index contributed by atoms with van der Waals surface area (Å²) in [6.07, 6.45) is 9.87. The largest absolute Gasteiger partial charge is 0.454 e. The summed E-state index contributed by atoms with van der Waals surface area (Å²) in [7, 11) is 0. The number of carbonyl (C=O) groups is 2. The zero-order valence-corrected chi connectivity index (χ0v) is 45.4. The van der Waals surface area contributed by atoms with Crippen molar-refractivity contribution in [3.05, 3.63) is 142 Å². The van der Waals surface area contributed by atoms with Crippen LogP contribution in [0.3, 0.4) is 0 Å². The van der Waals surface area contributed by atoms with Crippen molar-refractivity contribution in [3.8, 4) is 45.3 Å². The van der Waals surface area contributed by atoms with E-state index in [2.05, 4.69) is 36.7 Å². The molecule has 6 aliphatic rings. The Morgan fingerprint density at radius 3 is 1.47 bits per heavy atom. The van der Waals surface area contributed by atoms with E-state index in [4.69, 9.17) is 47.1 Å². The van der Waals surface area contributed by atoms with Gasteiger partial charge in [0.25, 0.3) is 11.8 Å². The monoisotopic (exact) mass is 1080 g/mol. The van der Waals surface area contributed by atoms with Gasteiger partial charge in [-0.3, -0.25) is 14.6 Å². The fraction of sp³-hybridized carbons (Fsp3) is 0.356. The zero-order valence-electron chi connectivity index (χ0n) is 41.9. The Labute approximate surface area is 462 Å². The van der Waals surface area contributed by atoms with Gasteiger partial charge >= 0.3 is 0 Å². The van der Waals surface area contributed by atoms with Crippen LogP contribution in [0.4, 0.5) is 0 Å². The first-order valence-electron chi connectivity index (χ1n) is 25.9. The van der Waals surface area contributed by atoms with Crippen molar-refractivity contribution >= 4 is 83.8 Å². The Morgan fingerprint density at radius 2 is 0.947 bits per heavy atom. The van der Waals surface area contributed by atoms with Crippen molar-refractivity contribution in [2.45, 2.75) is 69.9 Å². The molecule has 16 heteroatoms. The van der Waals surface area contributed by atoms with E-state index in [-0.39, 0.29) is 64.5 Å². The molecule has 0 bridgehead atoms. The van der Waals surface area contributed by atoms with E-state index in [0.29, 0.717) is 22.2 Å². The summed E-state index contributed by atoms with van der Waals surface area (Å²) in [5.41, 5.74) is 8.93. The number of amides is 2. The molecule has 8 heterocycles. The molecule has 390 valence electrons. The molecule has 2 amide bonds. The van der Waals surface area contributed by atoms with E-state index in [0.717, 1.165) is 162 Å². The Balaban J connectivity index is 0.000000169. The summed E-state index contributed by atoms with van der Waals surface area (Å²) in [5.74, 6) is 3.14. The summed E-state index contributed by atoms with van der Waals surface area (Å²) in [4.78, 5) is 46.8. The summed E-state index contributed by atoms with van der Waals surface area (Å²) >= 11 is 12.5. The average Bonchev–Trinajstić information content (AvgIpc) is 4.29. The molecule has 4 saturated heterocycles. The van der Waals surface area contributed by atoms with E-state index in [1.807, 2.05) is 91.0 Å². The van der Waals surface area contributed by atoms with Gasteiger partial charge in [0.2, 0.25) is 13.6 Å². The van der Waals surface area contributed by atoms with E-state index in [1.54, 1.807) is 6.07 Å². The quantitative estimate of drug-likeness (QED) is 0.123. The molecule has 12 nitrogen and oxygen atoms in total. The highest BCUT2D eigenvalue weighted by atomic mass is 35.5. The van der Waals surface area contributed by atoms with Crippen LogP contribution in [0.5, 0.6) is 23.0 Å². The Hall–Kier alpha value is -5.74. The van der Waals surface area contributed by atoms with Crippen molar-refractivity contribution < 1.29 is 28.5 Å². The zero-order chi connectivity index (χ0) is 49.4. The van der Waals surface area contributed by atoms with E-state index in [1.165, 1.54) is 25.7 Å². The van der Waals surface area contributed by atoms with Crippen LogP contribution in [0.25, 0.3) is 44.1 Å². The Bertz CT molecular complexity index is 3230. The van der Waals surface area contributed by atoms with Gasteiger partial charge in [-0.05, 0) is 178 Å². The van der Waals surface area contributed by atoms with Crippen LogP contribution in [-0.4, -0.2) is 119 Å². The molecule has 0 spiro atoms. The summed E-state index contributed by atoms with van der Waals surface area (Å²) in [6.45, 7) is 8.57. The minimum absolute atomic E-state index is 0. The average molecular weight is 1090 g/mol. The molecule has 0 radical (unpaired) electrons. The number of carbonyl (C=O) groups excluding carboxylic acids is 2. The number of halogens is 2. The highest BCUT2D eigenvalue weighted by Gasteiger charge is 2.34. The van der Waals surface area contributed by atoms with Crippen molar-refractivity contribution in [3.63, 3.8) is 0 Å². The minimum Gasteiger partial charge on any atom is -0.454 e. The maximum Gasteiger partial charge on any atom is 0.254 e. The molecular weight excluding hydrogens is 1020 g/mol. The third kappa shape index (κ3) is 11.4. The molecule has 5 aromatic carbocycles. The van der Waals surface area contributed by atoms with Crippen LogP contribution >= 0.6 is 50.2 Å². The van der Waals surface area contributed by atoms with Crippen LogP contribution in [0.2, 0.25) is 10.2 Å². The van der Waals surface area contributed by atoms with Crippen LogP contribution in [-0.2, 0) is 6.42 Å². The lowest BCUT2D eigenvalue weighted by molar-refractivity contribution is 0.0703. The van der Waals surface area contributed by atoms with Crippen LogP contribution in [0.15, 0.2) is 109 Å². The van der Waals surface area contributed by atoms with Gasteiger partial charge in [-0.1, -0.05) is 59.6 Å². The fourth-order valence-electron chi connectivity index (χ4n) is 11.7. The predicted octanol–water partition coefficient (Wildman–Crippen LogP) is 11.8. The molecule has 0 saturated carbocycles. The van der Waals surface area contributed by atoms with E-state index < -0.39 is 0 Å². The number of hydrogen-bond donors (Lipinski definition) is 0. The highest BCUT2D eigenvalue weighted by molar-refractivity contribution is 7.59. The number of pyridine rings is 2. The molecule has 75 heavy (non-hydrogen) atoms. The Kier molecular flexibility index (Phi) is 16.3. The second-order valence-corrected chi connectivity index (χ2v) is 21.0. The number of ether oxygens (including phenoxy) is 4. The van der Waals surface area contributed by atoms with Crippen molar-refractivity contribution in [2.24, 2.45) is 0 Å². The van der Waals surface area contributed by atoms with Crippen molar-refractivity contribution in [1.29, 1.82) is 0 Å². The second-order valence-electron chi connectivity index (χ2n) is 20.2. The van der Waals surface area contributed by atoms with Gasteiger partial charge in [-0.2, -0.15) is 27.0 Å². The molecule has 6 aliphatic heterocycles. The molecule has 2 aromatic heterocycles. The van der Waals surface area contributed by atoms with Gasteiger partial charge < -0.3 is 38.5 Å². The van der Waals surface area contributed by atoms with Crippen LogP contribution in [0, 0.1) is 0 Å². The molecule has 0 unspecified atom stereocenters. The molecule has 0 N–H and O–H groups in total. The molecule has 2 atom stereocenters. The van der Waals surface area contributed by atoms with Gasteiger partial charge in [0.1, 0.15) is 5.15 Å². The minimum atomic E-state index is 0. The normalized spacial score (nSPS) is 18.8. The van der Waals surface area contributed by atoms with Crippen molar-refractivity contribution in [1.82, 2.24) is 29.6 Å². The molecule has 13 rings (SSSR count). The highest BCUT2D eigenvalue weighted by Crippen LogP contribution is 2.39. The van der Waals surface area contributed by atoms with E-state index >= 15 is 0 Å². The second kappa shape index (κ2) is 23.2.